The lowest BCUT2D eigenvalue weighted by molar-refractivity contribution is -0.137. The highest BCUT2D eigenvalue weighted by atomic mass is 35.5. The molecule has 2 rings (SSSR count). The van der Waals surface area contributed by atoms with Gasteiger partial charge in [-0.25, -0.2) is 9.78 Å². The van der Waals surface area contributed by atoms with Crippen molar-refractivity contribution in [3.8, 4) is 0 Å². The van der Waals surface area contributed by atoms with Crippen molar-refractivity contribution in [1.29, 1.82) is 0 Å². The highest BCUT2D eigenvalue weighted by Crippen LogP contribution is 2.30. The van der Waals surface area contributed by atoms with Crippen LogP contribution in [0.3, 0.4) is 0 Å². The lowest BCUT2D eigenvalue weighted by Crippen LogP contribution is -2.06. The Balaban J connectivity index is 2.55. The van der Waals surface area contributed by atoms with Crippen molar-refractivity contribution in [3.63, 3.8) is 0 Å². The minimum Gasteiger partial charge on any atom is -0.461 e. The largest absolute Gasteiger partial charge is 0.461 e. The second-order valence-electron chi connectivity index (χ2n) is 3.62. The van der Waals surface area contributed by atoms with Gasteiger partial charge in [-0.3, -0.25) is 4.40 Å². The number of hydrogen-bond donors (Lipinski definition) is 0. The summed E-state index contributed by atoms with van der Waals surface area (Å²) < 4.78 is 43.4. The molecule has 4 nitrogen and oxygen atoms in total. The predicted octanol–water partition coefficient (Wildman–Crippen LogP) is 3.18. The number of halogens is 4. The first-order valence-corrected chi connectivity index (χ1v) is 5.64. The monoisotopic (exact) mass is 292 g/mol. The van der Waals surface area contributed by atoms with Crippen molar-refractivity contribution in [3.05, 3.63) is 34.7 Å². The molecular weight excluding hydrogens is 285 g/mol. The third-order valence-corrected chi connectivity index (χ3v) is 2.72. The van der Waals surface area contributed by atoms with E-state index in [0.717, 1.165) is 22.7 Å². The zero-order valence-corrected chi connectivity index (χ0v) is 10.4. The van der Waals surface area contributed by atoms with Crippen LogP contribution in [-0.4, -0.2) is 22.0 Å². The number of aromatic nitrogens is 2. The van der Waals surface area contributed by atoms with Gasteiger partial charge in [0.05, 0.1) is 12.2 Å². The van der Waals surface area contributed by atoms with E-state index in [1.165, 1.54) is 0 Å². The quantitative estimate of drug-likeness (QED) is 0.799. The van der Waals surface area contributed by atoms with Crippen LogP contribution in [0.25, 0.3) is 5.65 Å². The van der Waals surface area contributed by atoms with Gasteiger partial charge in [0.2, 0.25) is 0 Å². The summed E-state index contributed by atoms with van der Waals surface area (Å²) in [5.41, 5.74) is -0.946. The lowest BCUT2D eigenvalue weighted by atomic mass is 10.3. The molecule has 0 aliphatic carbocycles. The van der Waals surface area contributed by atoms with Crippen molar-refractivity contribution >= 4 is 23.2 Å². The van der Waals surface area contributed by atoms with Crippen LogP contribution in [0.2, 0.25) is 5.15 Å². The maximum absolute atomic E-state index is 12.6. The molecule has 102 valence electrons. The summed E-state index contributed by atoms with van der Waals surface area (Å²) in [7, 11) is 0. The van der Waals surface area contributed by atoms with E-state index in [2.05, 4.69) is 4.98 Å². The van der Waals surface area contributed by atoms with E-state index in [1.54, 1.807) is 6.92 Å². The maximum Gasteiger partial charge on any atom is 0.417 e. The summed E-state index contributed by atoms with van der Waals surface area (Å²) >= 11 is 5.84. The Morgan fingerprint density at radius 3 is 2.74 bits per heavy atom. The highest BCUT2D eigenvalue weighted by Gasteiger charge is 2.31. The number of ether oxygens (including phenoxy) is 1. The molecule has 19 heavy (non-hydrogen) atoms. The molecule has 0 radical (unpaired) electrons. The highest BCUT2D eigenvalue weighted by molar-refractivity contribution is 6.32. The number of hydrogen-bond acceptors (Lipinski definition) is 3. The number of carbonyl (C=O) groups excluding carboxylic acids is 1. The first kappa shape index (κ1) is 13.7. The Bertz CT molecular complexity index is 637. The molecular formula is C11H8ClF3N2O2. The van der Waals surface area contributed by atoms with E-state index >= 15 is 0 Å². The summed E-state index contributed by atoms with van der Waals surface area (Å²) in [5, 5.41) is -0.209. The number of pyridine rings is 1. The van der Waals surface area contributed by atoms with Gasteiger partial charge in [-0.05, 0) is 19.1 Å². The fourth-order valence-corrected chi connectivity index (χ4v) is 1.77. The van der Waals surface area contributed by atoms with Gasteiger partial charge in [0.1, 0.15) is 10.8 Å². The SMILES string of the molecule is CCOC(=O)c1nc2ccc(C(F)(F)F)cn2c1Cl. The molecule has 0 fully saturated rings. The van der Waals surface area contributed by atoms with Crippen LogP contribution in [0.1, 0.15) is 23.0 Å². The van der Waals surface area contributed by atoms with Gasteiger partial charge in [0, 0.05) is 6.20 Å². The smallest absolute Gasteiger partial charge is 0.417 e. The summed E-state index contributed by atoms with van der Waals surface area (Å²) in [5.74, 6) is -0.773. The van der Waals surface area contributed by atoms with Crippen LogP contribution >= 0.6 is 11.6 Å². The molecule has 0 N–H and O–H groups in total. The molecule has 2 heterocycles. The van der Waals surface area contributed by atoms with Gasteiger partial charge in [0.25, 0.3) is 0 Å². The van der Waals surface area contributed by atoms with Gasteiger partial charge < -0.3 is 4.74 Å². The molecule has 0 atom stereocenters. The van der Waals surface area contributed by atoms with Crippen molar-refractivity contribution in [2.75, 3.05) is 6.61 Å². The second kappa shape index (κ2) is 4.73. The minimum absolute atomic E-state index is 0.122. The number of esters is 1. The van der Waals surface area contributed by atoms with Crippen molar-refractivity contribution < 1.29 is 22.7 Å². The first-order chi connectivity index (χ1) is 8.84. The van der Waals surface area contributed by atoms with E-state index in [1.807, 2.05) is 0 Å². The number of imidazole rings is 1. The van der Waals surface area contributed by atoms with Crippen LogP contribution in [0.15, 0.2) is 18.3 Å². The summed E-state index contributed by atoms with van der Waals surface area (Å²) in [6.45, 7) is 1.72. The molecule has 0 aromatic carbocycles. The van der Waals surface area contributed by atoms with Gasteiger partial charge >= 0.3 is 12.1 Å². The van der Waals surface area contributed by atoms with Crippen LogP contribution in [0.5, 0.6) is 0 Å². The zero-order valence-electron chi connectivity index (χ0n) is 9.66. The second-order valence-corrected chi connectivity index (χ2v) is 3.97. The molecule has 0 saturated carbocycles. The molecule has 2 aromatic rings. The average molecular weight is 293 g/mol. The van der Waals surface area contributed by atoms with E-state index < -0.39 is 17.7 Å². The zero-order chi connectivity index (χ0) is 14.2. The third kappa shape index (κ3) is 2.51. The Kier molecular flexibility index (Phi) is 3.40. The molecule has 0 unspecified atom stereocenters. The number of alkyl halides is 3. The summed E-state index contributed by atoms with van der Waals surface area (Å²) in [6, 6.07) is 2.00. The van der Waals surface area contributed by atoms with Crippen LogP contribution in [0, 0.1) is 0 Å². The Morgan fingerprint density at radius 2 is 2.16 bits per heavy atom. The molecule has 0 amide bonds. The first-order valence-electron chi connectivity index (χ1n) is 5.26. The van der Waals surface area contributed by atoms with E-state index in [-0.39, 0.29) is 23.1 Å². The molecule has 0 bridgehead atoms. The molecule has 0 aliphatic heterocycles. The molecule has 0 spiro atoms. The van der Waals surface area contributed by atoms with Crippen LogP contribution in [0.4, 0.5) is 13.2 Å². The molecule has 0 aliphatic rings. The number of carbonyl (C=O) groups is 1. The van der Waals surface area contributed by atoms with Gasteiger partial charge in [-0.2, -0.15) is 13.2 Å². The van der Waals surface area contributed by atoms with Crippen molar-refractivity contribution in [2.24, 2.45) is 0 Å². The standard InChI is InChI=1S/C11H8ClF3N2O2/c1-2-19-10(18)8-9(12)17-5-6(11(13,14)15)3-4-7(17)16-8/h3-5H,2H2,1H3. The topological polar surface area (TPSA) is 43.6 Å². The molecule has 8 heteroatoms. The molecule has 2 aromatic heterocycles. The summed E-state index contributed by atoms with van der Waals surface area (Å²) in [4.78, 5) is 15.4. The van der Waals surface area contributed by atoms with E-state index in [0.29, 0.717) is 0 Å². The normalized spacial score (nSPS) is 11.8. The fraction of sp³-hybridized carbons (Fsp3) is 0.273. The molecule has 0 saturated heterocycles. The van der Waals surface area contributed by atoms with E-state index in [4.69, 9.17) is 16.3 Å². The Morgan fingerprint density at radius 1 is 1.47 bits per heavy atom. The number of fused-ring (bicyclic) bond motifs is 1. The lowest BCUT2D eigenvalue weighted by Gasteiger charge is -2.06. The fourth-order valence-electron chi connectivity index (χ4n) is 1.51. The number of nitrogens with zero attached hydrogens (tertiary/aromatic N) is 2. The van der Waals surface area contributed by atoms with Gasteiger partial charge in [0.15, 0.2) is 5.69 Å². The minimum atomic E-state index is -4.49. The summed E-state index contributed by atoms with van der Waals surface area (Å²) in [6.07, 6.45) is -3.71. The van der Waals surface area contributed by atoms with Gasteiger partial charge in [-0.1, -0.05) is 11.6 Å². The average Bonchev–Trinajstić information content (AvgIpc) is 2.66. The van der Waals surface area contributed by atoms with Crippen LogP contribution in [-0.2, 0) is 10.9 Å². The van der Waals surface area contributed by atoms with Crippen molar-refractivity contribution in [2.45, 2.75) is 13.1 Å². The maximum atomic E-state index is 12.6. The third-order valence-electron chi connectivity index (χ3n) is 2.36. The Labute approximate surface area is 110 Å². The van der Waals surface area contributed by atoms with E-state index in [9.17, 15) is 18.0 Å². The van der Waals surface area contributed by atoms with Crippen molar-refractivity contribution in [1.82, 2.24) is 9.38 Å². The van der Waals surface area contributed by atoms with Crippen LogP contribution < -0.4 is 0 Å². The number of rotatable bonds is 2. The predicted molar refractivity (Wildman–Crippen MR) is 61.2 cm³/mol. The Hall–Kier alpha value is -1.76. The van der Waals surface area contributed by atoms with Gasteiger partial charge in [-0.15, -0.1) is 0 Å².